The van der Waals surface area contributed by atoms with Gasteiger partial charge in [-0.05, 0) is 0 Å². The summed E-state index contributed by atoms with van der Waals surface area (Å²) in [5.74, 6) is 3.88. The molecule has 13 heavy (non-hydrogen) atoms. The molecule has 1 aromatic heterocycles. The van der Waals surface area contributed by atoms with Crippen molar-refractivity contribution in [2.45, 2.75) is 0 Å². The van der Waals surface area contributed by atoms with E-state index in [1.54, 1.807) is 11.3 Å². The summed E-state index contributed by atoms with van der Waals surface area (Å²) >= 11 is 1.62. The van der Waals surface area contributed by atoms with E-state index in [4.69, 9.17) is 9.47 Å². The van der Waals surface area contributed by atoms with Crippen LogP contribution in [0.15, 0.2) is 10.8 Å². The van der Waals surface area contributed by atoms with E-state index in [2.05, 4.69) is 0 Å². The Hall–Kier alpha value is -0.0000000000000000555. The topological polar surface area (TPSA) is 18.5 Å². The number of hydrogen-bond donors (Lipinski definition) is 0. The standard InChI is InChI=1S/C8H10O2S3/c1-3-12-13-4-2-10-8-6-11-5-7(8)9-1/h5-6H,1-4H2. The minimum Gasteiger partial charge on any atom is -0.488 e. The van der Waals surface area contributed by atoms with Gasteiger partial charge in [0.25, 0.3) is 0 Å². The SMILES string of the molecule is c1scc2c1OCCSSCCO2. The molecule has 0 saturated heterocycles. The van der Waals surface area contributed by atoms with E-state index in [-0.39, 0.29) is 0 Å². The summed E-state index contributed by atoms with van der Waals surface area (Å²) in [7, 11) is 3.69. The first-order valence-electron chi connectivity index (χ1n) is 4.03. The fraction of sp³-hybridized carbons (Fsp3) is 0.500. The summed E-state index contributed by atoms with van der Waals surface area (Å²) in [4.78, 5) is 0. The second-order valence-electron chi connectivity index (χ2n) is 2.44. The molecule has 0 bridgehead atoms. The molecule has 2 rings (SSSR count). The van der Waals surface area contributed by atoms with E-state index in [0.717, 1.165) is 36.2 Å². The van der Waals surface area contributed by atoms with Gasteiger partial charge in [0, 0.05) is 22.3 Å². The molecular weight excluding hydrogens is 224 g/mol. The molecular formula is C8H10O2S3. The molecule has 0 aliphatic carbocycles. The van der Waals surface area contributed by atoms with Crippen molar-refractivity contribution in [1.82, 2.24) is 0 Å². The molecule has 72 valence electrons. The molecule has 0 unspecified atom stereocenters. The Morgan fingerprint density at radius 1 is 0.923 bits per heavy atom. The zero-order valence-corrected chi connectivity index (χ0v) is 9.47. The Balaban J connectivity index is 2.03. The Labute approximate surface area is 89.4 Å². The van der Waals surface area contributed by atoms with Crippen LogP contribution in [-0.2, 0) is 0 Å². The number of fused-ring (bicyclic) bond motifs is 1. The molecule has 0 fully saturated rings. The number of ether oxygens (including phenoxy) is 2. The normalized spacial score (nSPS) is 18.2. The van der Waals surface area contributed by atoms with E-state index < -0.39 is 0 Å². The maximum Gasteiger partial charge on any atom is 0.171 e. The molecule has 5 heteroatoms. The molecule has 0 spiro atoms. The molecule has 1 aromatic rings. The van der Waals surface area contributed by atoms with Crippen molar-refractivity contribution in [1.29, 1.82) is 0 Å². The van der Waals surface area contributed by atoms with Crippen LogP contribution in [0, 0.1) is 0 Å². The number of thiophene rings is 1. The summed E-state index contributed by atoms with van der Waals surface area (Å²) in [5.41, 5.74) is 0. The Morgan fingerprint density at radius 3 is 2.00 bits per heavy atom. The minimum atomic E-state index is 0.769. The van der Waals surface area contributed by atoms with Gasteiger partial charge in [0.2, 0.25) is 0 Å². The van der Waals surface area contributed by atoms with Crippen molar-refractivity contribution in [2.75, 3.05) is 24.7 Å². The molecule has 0 aromatic carbocycles. The molecule has 2 nitrogen and oxygen atoms in total. The lowest BCUT2D eigenvalue weighted by Crippen LogP contribution is -2.05. The van der Waals surface area contributed by atoms with E-state index in [1.807, 2.05) is 32.3 Å². The highest BCUT2D eigenvalue weighted by Crippen LogP contribution is 2.33. The van der Waals surface area contributed by atoms with E-state index in [9.17, 15) is 0 Å². The Morgan fingerprint density at radius 2 is 1.46 bits per heavy atom. The zero-order valence-electron chi connectivity index (χ0n) is 7.02. The van der Waals surface area contributed by atoms with Gasteiger partial charge in [-0.15, -0.1) is 11.3 Å². The van der Waals surface area contributed by atoms with Gasteiger partial charge in [0.1, 0.15) is 0 Å². The van der Waals surface area contributed by atoms with Crippen molar-refractivity contribution in [3.63, 3.8) is 0 Å². The second-order valence-corrected chi connectivity index (χ2v) is 5.89. The van der Waals surface area contributed by atoms with Crippen LogP contribution < -0.4 is 9.47 Å². The summed E-state index contributed by atoms with van der Waals surface area (Å²) in [5, 5.41) is 3.99. The summed E-state index contributed by atoms with van der Waals surface area (Å²) in [6.45, 7) is 1.54. The highest BCUT2D eigenvalue weighted by Gasteiger charge is 2.07. The molecule has 1 aliphatic heterocycles. The first-order valence-corrected chi connectivity index (χ1v) is 7.46. The molecule has 0 saturated carbocycles. The monoisotopic (exact) mass is 234 g/mol. The lowest BCUT2D eigenvalue weighted by atomic mass is 10.5. The number of rotatable bonds is 0. The van der Waals surface area contributed by atoms with Gasteiger partial charge in [-0.2, -0.15) is 0 Å². The maximum atomic E-state index is 5.56. The van der Waals surface area contributed by atoms with Gasteiger partial charge in [-0.25, -0.2) is 0 Å². The largest absolute Gasteiger partial charge is 0.488 e. The minimum absolute atomic E-state index is 0.769. The highest BCUT2D eigenvalue weighted by atomic mass is 33.1. The van der Waals surface area contributed by atoms with Crippen LogP contribution in [-0.4, -0.2) is 24.7 Å². The van der Waals surface area contributed by atoms with Crippen LogP contribution in [0.5, 0.6) is 11.5 Å². The average Bonchev–Trinajstić information content (AvgIpc) is 2.59. The van der Waals surface area contributed by atoms with E-state index in [0.29, 0.717) is 0 Å². The summed E-state index contributed by atoms with van der Waals surface area (Å²) in [6.07, 6.45) is 0. The maximum absolute atomic E-state index is 5.56. The molecule has 0 atom stereocenters. The Bertz CT molecular complexity index is 237. The van der Waals surface area contributed by atoms with Crippen molar-refractivity contribution >= 4 is 32.9 Å². The third-order valence-electron chi connectivity index (χ3n) is 1.52. The summed E-state index contributed by atoms with van der Waals surface area (Å²) in [6, 6.07) is 0. The van der Waals surface area contributed by atoms with Crippen LogP contribution >= 0.6 is 32.9 Å². The van der Waals surface area contributed by atoms with Gasteiger partial charge in [-0.1, -0.05) is 21.6 Å². The van der Waals surface area contributed by atoms with Crippen LogP contribution in [0.3, 0.4) is 0 Å². The second kappa shape index (κ2) is 5.02. The lowest BCUT2D eigenvalue weighted by molar-refractivity contribution is 0.293. The zero-order chi connectivity index (χ0) is 8.93. The van der Waals surface area contributed by atoms with E-state index >= 15 is 0 Å². The first kappa shape index (κ1) is 9.55. The van der Waals surface area contributed by atoms with Crippen molar-refractivity contribution < 1.29 is 9.47 Å². The van der Waals surface area contributed by atoms with Crippen molar-refractivity contribution in [3.8, 4) is 11.5 Å². The Kier molecular flexibility index (Phi) is 3.69. The van der Waals surface area contributed by atoms with Crippen LogP contribution in [0.4, 0.5) is 0 Å². The molecule has 0 radical (unpaired) electrons. The lowest BCUT2D eigenvalue weighted by Gasteiger charge is -2.10. The predicted molar refractivity (Wildman–Crippen MR) is 60.2 cm³/mol. The third kappa shape index (κ3) is 2.72. The number of hydrogen-bond acceptors (Lipinski definition) is 5. The van der Waals surface area contributed by atoms with Gasteiger partial charge in [0.15, 0.2) is 11.5 Å². The van der Waals surface area contributed by atoms with E-state index in [1.165, 1.54) is 0 Å². The van der Waals surface area contributed by atoms with Crippen LogP contribution in [0.2, 0.25) is 0 Å². The smallest absolute Gasteiger partial charge is 0.171 e. The first-order chi connectivity index (χ1) is 6.47. The fourth-order valence-corrected chi connectivity index (χ4v) is 3.31. The third-order valence-corrected chi connectivity index (χ3v) is 4.56. The average molecular weight is 234 g/mol. The molecule has 2 heterocycles. The summed E-state index contributed by atoms with van der Waals surface area (Å²) < 4.78 is 11.1. The van der Waals surface area contributed by atoms with Gasteiger partial charge in [0.05, 0.1) is 13.2 Å². The van der Waals surface area contributed by atoms with Crippen molar-refractivity contribution in [3.05, 3.63) is 10.8 Å². The van der Waals surface area contributed by atoms with Crippen LogP contribution in [0.1, 0.15) is 0 Å². The molecule has 0 amide bonds. The fourth-order valence-electron chi connectivity index (χ4n) is 0.973. The quantitative estimate of drug-likeness (QED) is 0.642. The predicted octanol–water partition coefficient (Wildman–Crippen LogP) is 2.90. The highest BCUT2D eigenvalue weighted by molar-refractivity contribution is 8.76. The van der Waals surface area contributed by atoms with Gasteiger partial charge >= 0.3 is 0 Å². The molecule has 1 aliphatic rings. The van der Waals surface area contributed by atoms with Gasteiger partial charge in [-0.3, -0.25) is 0 Å². The molecule has 0 N–H and O–H groups in total. The van der Waals surface area contributed by atoms with Gasteiger partial charge < -0.3 is 9.47 Å². The van der Waals surface area contributed by atoms with Crippen LogP contribution in [0.25, 0.3) is 0 Å². The van der Waals surface area contributed by atoms with Crippen molar-refractivity contribution in [2.24, 2.45) is 0 Å².